The summed E-state index contributed by atoms with van der Waals surface area (Å²) in [5, 5.41) is 11.9. The third-order valence-corrected chi connectivity index (χ3v) is 3.03. The molecule has 0 aliphatic heterocycles. The number of halogens is 3. The van der Waals surface area contributed by atoms with E-state index in [2.05, 4.69) is 5.32 Å². The van der Waals surface area contributed by atoms with Gasteiger partial charge in [-0.2, -0.15) is 5.26 Å². The van der Waals surface area contributed by atoms with E-state index in [9.17, 15) is 8.78 Å². The summed E-state index contributed by atoms with van der Waals surface area (Å²) >= 11 is 5.82. The summed E-state index contributed by atoms with van der Waals surface area (Å²) in [4.78, 5) is 0. The summed E-state index contributed by atoms with van der Waals surface area (Å²) < 4.78 is 26.2. The second-order valence-corrected chi connectivity index (χ2v) is 4.25. The number of anilines is 1. The second kappa shape index (κ2) is 5.68. The Labute approximate surface area is 114 Å². The molecule has 2 aromatic rings. The lowest BCUT2D eigenvalue weighted by molar-refractivity contribution is 0.626. The minimum Gasteiger partial charge on any atom is -0.380 e. The number of hydrogen-bond donors (Lipinski definition) is 1. The highest BCUT2D eigenvalue weighted by Gasteiger charge is 2.07. The van der Waals surface area contributed by atoms with E-state index in [-0.39, 0.29) is 17.1 Å². The van der Waals surface area contributed by atoms with Crippen LogP contribution in [-0.4, -0.2) is 0 Å². The minimum atomic E-state index is -0.499. The summed E-state index contributed by atoms with van der Waals surface area (Å²) in [6.45, 7) is 0.247. The van der Waals surface area contributed by atoms with Crippen LogP contribution in [0.2, 0.25) is 5.02 Å². The first-order valence-electron chi connectivity index (χ1n) is 5.48. The van der Waals surface area contributed by atoms with Crippen LogP contribution in [0.3, 0.4) is 0 Å². The van der Waals surface area contributed by atoms with E-state index in [0.29, 0.717) is 11.3 Å². The molecule has 0 spiro atoms. The van der Waals surface area contributed by atoms with Crippen molar-refractivity contribution in [3.05, 3.63) is 64.2 Å². The molecular formula is C14H9ClF2N2. The lowest BCUT2D eigenvalue weighted by Gasteiger charge is -2.10. The number of benzene rings is 2. The fourth-order valence-electron chi connectivity index (χ4n) is 1.64. The maximum absolute atomic E-state index is 13.2. The van der Waals surface area contributed by atoms with Crippen LogP contribution < -0.4 is 5.32 Å². The van der Waals surface area contributed by atoms with Crippen molar-refractivity contribution in [2.45, 2.75) is 6.54 Å². The van der Waals surface area contributed by atoms with E-state index < -0.39 is 11.6 Å². The minimum absolute atomic E-state index is 0.0376. The van der Waals surface area contributed by atoms with Gasteiger partial charge in [-0.3, -0.25) is 0 Å². The van der Waals surface area contributed by atoms with Crippen LogP contribution in [0.4, 0.5) is 14.5 Å². The zero-order valence-electron chi connectivity index (χ0n) is 9.75. The van der Waals surface area contributed by atoms with Gasteiger partial charge >= 0.3 is 0 Å². The van der Waals surface area contributed by atoms with Gasteiger partial charge in [0.05, 0.1) is 16.3 Å². The molecule has 96 valence electrons. The van der Waals surface area contributed by atoms with Crippen LogP contribution in [0.15, 0.2) is 36.4 Å². The third kappa shape index (κ3) is 3.01. The van der Waals surface area contributed by atoms with E-state index in [1.165, 1.54) is 18.2 Å². The summed E-state index contributed by atoms with van der Waals surface area (Å²) in [6, 6.07) is 10.2. The Bertz CT molecular complexity index is 650. The van der Waals surface area contributed by atoms with Gasteiger partial charge in [-0.25, -0.2) is 8.78 Å². The van der Waals surface area contributed by atoms with Crippen LogP contribution >= 0.6 is 11.6 Å². The van der Waals surface area contributed by atoms with Gasteiger partial charge in [0.1, 0.15) is 17.7 Å². The van der Waals surface area contributed by atoms with Crippen LogP contribution in [-0.2, 0) is 6.54 Å². The molecule has 0 amide bonds. The highest BCUT2D eigenvalue weighted by atomic mass is 35.5. The average molecular weight is 279 g/mol. The van der Waals surface area contributed by atoms with E-state index in [4.69, 9.17) is 16.9 Å². The van der Waals surface area contributed by atoms with Crippen molar-refractivity contribution < 1.29 is 8.78 Å². The molecule has 0 saturated carbocycles. The van der Waals surface area contributed by atoms with E-state index in [1.54, 1.807) is 12.1 Å². The van der Waals surface area contributed by atoms with Gasteiger partial charge in [0.15, 0.2) is 0 Å². The highest BCUT2D eigenvalue weighted by Crippen LogP contribution is 2.22. The van der Waals surface area contributed by atoms with Gasteiger partial charge in [-0.05, 0) is 29.8 Å². The molecule has 0 aliphatic rings. The Morgan fingerprint density at radius 3 is 2.74 bits per heavy atom. The standard InChI is InChI=1S/C14H9ClF2N2/c15-14-9(2-1-3-12(14)17)8-19-13-5-4-11(16)6-10(13)7-18/h1-6,19H,8H2. The monoisotopic (exact) mass is 278 g/mol. The van der Waals surface area contributed by atoms with Gasteiger partial charge in [-0.15, -0.1) is 0 Å². The Morgan fingerprint density at radius 1 is 1.21 bits per heavy atom. The lowest BCUT2D eigenvalue weighted by atomic mass is 10.1. The van der Waals surface area contributed by atoms with Crippen LogP contribution in [0, 0.1) is 23.0 Å². The molecule has 19 heavy (non-hydrogen) atoms. The van der Waals surface area contributed by atoms with Crippen molar-refractivity contribution in [1.29, 1.82) is 5.26 Å². The van der Waals surface area contributed by atoms with E-state index >= 15 is 0 Å². The first-order valence-corrected chi connectivity index (χ1v) is 5.86. The predicted molar refractivity (Wildman–Crippen MR) is 69.9 cm³/mol. The normalized spacial score (nSPS) is 10.0. The van der Waals surface area contributed by atoms with Gasteiger partial charge in [0.25, 0.3) is 0 Å². The molecule has 0 unspecified atom stereocenters. The molecule has 0 fully saturated rings. The van der Waals surface area contributed by atoms with Gasteiger partial charge in [-0.1, -0.05) is 23.7 Å². The number of rotatable bonds is 3. The Kier molecular flexibility index (Phi) is 3.98. The van der Waals surface area contributed by atoms with Gasteiger partial charge < -0.3 is 5.32 Å². The van der Waals surface area contributed by atoms with Crippen molar-refractivity contribution in [2.24, 2.45) is 0 Å². The van der Waals surface area contributed by atoms with Crippen molar-refractivity contribution >= 4 is 17.3 Å². The molecule has 0 atom stereocenters. The van der Waals surface area contributed by atoms with Crippen LogP contribution in [0.5, 0.6) is 0 Å². The third-order valence-electron chi connectivity index (χ3n) is 2.60. The number of nitrogens with one attached hydrogen (secondary N) is 1. The fourth-order valence-corrected chi connectivity index (χ4v) is 1.83. The molecule has 0 aromatic heterocycles. The highest BCUT2D eigenvalue weighted by molar-refractivity contribution is 6.31. The summed E-state index contributed by atoms with van der Waals surface area (Å²) in [5.74, 6) is -0.980. The summed E-state index contributed by atoms with van der Waals surface area (Å²) in [7, 11) is 0. The Morgan fingerprint density at radius 2 is 2.00 bits per heavy atom. The molecule has 1 N–H and O–H groups in total. The molecule has 0 bridgehead atoms. The molecular weight excluding hydrogens is 270 g/mol. The first-order chi connectivity index (χ1) is 9.11. The topological polar surface area (TPSA) is 35.8 Å². The van der Waals surface area contributed by atoms with E-state index in [0.717, 1.165) is 6.07 Å². The summed E-state index contributed by atoms with van der Waals surface area (Å²) in [6.07, 6.45) is 0. The maximum atomic E-state index is 13.2. The zero-order chi connectivity index (χ0) is 13.8. The molecule has 2 aromatic carbocycles. The first kappa shape index (κ1) is 13.3. The quantitative estimate of drug-likeness (QED) is 0.917. The molecule has 0 heterocycles. The number of nitrogens with zero attached hydrogens (tertiary/aromatic N) is 1. The smallest absolute Gasteiger partial charge is 0.142 e. The molecule has 2 nitrogen and oxygen atoms in total. The van der Waals surface area contributed by atoms with E-state index in [1.807, 2.05) is 6.07 Å². The van der Waals surface area contributed by atoms with Crippen LogP contribution in [0.25, 0.3) is 0 Å². The molecule has 0 aliphatic carbocycles. The van der Waals surface area contributed by atoms with Gasteiger partial charge in [0, 0.05) is 6.54 Å². The molecule has 0 saturated heterocycles. The fraction of sp³-hybridized carbons (Fsp3) is 0.0714. The second-order valence-electron chi connectivity index (χ2n) is 3.87. The Hall–Kier alpha value is -2.12. The zero-order valence-corrected chi connectivity index (χ0v) is 10.5. The summed E-state index contributed by atoms with van der Waals surface area (Å²) in [5.41, 5.74) is 1.23. The molecule has 2 rings (SSSR count). The van der Waals surface area contributed by atoms with Crippen molar-refractivity contribution in [2.75, 3.05) is 5.32 Å². The number of hydrogen-bond acceptors (Lipinski definition) is 2. The lowest BCUT2D eigenvalue weighted by Crippen LogP contribution is -2.03. The van der Waals surface area contributed by atoms with Crippen LogP contribution in [0.1, 0.15) is 11.1 Å². The molecule has 0 radical (unpaired) electrons. The SMILES string of the molecule is N#Cc1cc(F)ccc1NCc1cccc(F)c1Cl. The van der Waals surface area contributed by atoms with Crippen molar-refractivity contribution in [1.82, 2.24) is 0 Å². The predicted octanol–water partition coefficient (Wildman–Crippen LogP) is 4.10. The van der Waals surface area contributed by atoms with Crippen molar-refractivity contribution in [3.63, 3.8) is 0 Å². The largest absolute Gasteiger partial charge is 0.380 e. The Balaban J connectivity index is 2.20. The van der Waals surface area contributed by atoms with Gasteiger partial charge in [0.2, 0.25) is 0 Å². The maximum Gasteiger partial charge on any atom is 0.142 e. The van der Waals surface area contributed by atoms with Crippen molar-refractivity contribution in [3.8, 4) is 6.07 Å². The molecule has 5 heteroatoms. The average Bonchev–Trinajstić information content (AvgIpc) is 2.41. The number of nitriles is 1.